The summed E-state index contributed by atoms with van der Waals surface area (Å²) in [5.74, 6) is -0.515. The van der Waals surface area contributed by atoms with Gasteiger partial charge in [0.2, 0.25) is 0 Å². The van der Waals surface area contributed by atoms with Crippen LogP contribution in [0.2, 0.25) is 0 Å². The standard InChI is InChI=1S/C14H5N3O8S2/c18-17(19)9-3-1-2-6-10(9)14-12-8(16-27(22,23)25-14)5-4-7-11(12)13(6)24-26(20,21)15-7/h1-5H. The molecule has 2 aliphatic heterocycles. The molecule has 2 heterocycles. The van der Waals surface area contributed by atoms with E-state index in [0.29, 0.717) is 0 Å². The first kappa shape index (κ1) is 15.9. The summed E-state index contributed by atoms with van der Waals surface area (Å²) in [5.41, 5.74) is -0.474. The molecule has 0 aromatic heterocycles. The minimum Gasteiger partial charge on any atom is -0.364 e. The predicted molar refractivity (Wildman–Crippen MR) is 89.5 cm³/mol. The molecule has 0 atom stereocenters. The molecule has 0 fully saturated rings. The average molecular weight is 407 g/mol. The van der Waals surface area contributed by atoms with Crippen molar-refractivity contribution in [3.63, 3.8) is 0 Å². The number of benzene rings is 3. The summed E-state index contributed by atoms with van der Waals surface area (Å²) in [5, 5.41) is 11.4. The fourth-order valence-corrected chi connectivity index (χ4v) is 4.85. The van der Waals surface area contributed by atoms with Gasteiger partial charge in [-0.15, -0.1) is 8.80 Å². The molecule has 0 aliphatic carbocycles. The van der Waals surface area contributed by atoms with Crippen molar-refractivity contribution in [3.05, 3.63) is 51.2 Å². The largest absolute Gasteiger partial charge is 0.429 e. The molecule has 0 spiro atoms. The molecule has 2 aliphatic rings. The molecule has 11 nitrogen and oxygen atoms in total. The quantitative estimate of drug-likeness (QED) is 0.319. The predicted octanol–water partition coefficient (Wildman–Crippen LogP) is 0.415. The van der Waals surface area contributed by atoms with Gasteiger partial charge in [-0.05, 0) is 18.2 Å². The molecule has 5 rings (SSSR count). The lowest BCUT2D eigenvalue weighted by Crippen LogP contribution is -2.26. The fourth-order valence-electron chi connectivity index (χ4n) is 3.23. The minimum atomic E-state index is -4.40. The lowest BCUT2D eigenvalue weighted by molar-refractivity contribution is -0.383. The van der Waals surface area contributed by atoms with Crippen molar-refractivity contribution < 1.29 is 30.1 Å². The minimum absolute atomic E-state index is 0.000625. The zero-order valence-electron chi connectivity index (χ0n) is 12.8. The Labute approximate surface area is 149 Å². The molecule has 13 heteroatoms. The van der Waals surface area contributed by atoms with Gasteiger partial charge in [0.15, 0.2) is 11.5 Å². The van der Waals surface area contributed by atoms with E-state index in [1.165, 1.54) is 24.3 Å². The van der Waals surface area contributed by atoms with Gasteiger partial charge in [-0.2, -0.15) is 16.8 Å². The summed E-state index contributed by atoms with van der Waals surface area (Å²) in [6, 6.07) is 6.36. The summed E-state index contributed by atoms with van der Waals surface area (Å²) in [4.78, 5) is 10.8. The first-order chi connectivity index (χ1) is 12.7. The third kappa shape index (κ3) is 2.12. The number of fused-ring (bicyclic) bond motifs is 3. The Morgan fingerprint density at radius 2 is 1.37 bits per heavy atom. The highest BCUT2D eigenvalue weighted by Crippen LogP contribution is 2.46. The van der Waals surface area contributed by atoms with Crippen LogP contribution in [0.3, 0.4) is 0 Å². The van der Waals surface area contributed by atoms with E-state index in [4.69, 9.17) is 8.37 Å². The number of nitro groups is 1. The summed E-state index contributed by atoms with van der Waals surface area (Å²) in [7, 11) is -8.74. The maximum absolute atomic E-state index is 12.0. The Kier molecular flexibility index (Phi) is 2.76. The van der Waals surface area contributed by atoms with Crippen LogP contribution in [0.5, 0.6) is 11.5 Å². The highest BCUT2D eigenvalue weighted by atomic mass is 32.2. The molecule has 0 amide bonds. The Morgan fingerprint density at radius 3 is 1.96 bits per heavy atom. The van der Waals surface area contributed by atoms with E-state index in [1.54, 1.807) is 0 Å². The van der Waals surface area contributed by atoms with Crippen molar-refractivity contribution in [1.29, 1.82) is 0 Å². The van der Waals surface area contributed by atoms with E-state index < -0.39 is 31.2 Å². The number of rotatable bonds is 1. The van der Waals surface area contributed by atoms with Gasteiger partial charge in [-0.1, -0.05) is 6.07 Å². The van der Waals surface area contributed by atoms with Crippen LogP contribution in [0.1, 0.15) is 0 Å². The molecule has 0 radical (unpaired) electrons. The SMILES string of the molecule is O=[N+]([O-])c1cccc2c3c4c(ccc5c4c(c12)OS(=O)(=O)N=5)=NS(=O)(=O)O3. The van der Waals surface area contributed by atoms with Gasteiger partial charge in [0, 0.05) is 11.5 Å². The van der Waals surface area contributed by atoms with E-state index in [-0.39, 0.29) is 43.8 Å². The number of non-ortho nitro benzene ring substituents is 1. The summed E-state index contributed by atoms with van der Waals surface area (Å²) in [6.45, 7) is 0. The first-order valence-corrected chi connectivity index (χ1v) is 9.94. The van der Waals surface area contributed by atoms with Crippen LogP contribution in [0, 0.1) is 10.1 Å². The van der Waals surface area contributed by atoms with Crippen molar-refractivity contribution in [2.24, 2.45) is 8.80 Å². The van der Waals surface area contributed by atoms with E-state index >= 15 is 0 Å². The Bertz CT molecular complexity index is 1580. The van der Waals surface area contributed by atoms with Crippen LogP contribution in [-0.2, 0) is 20.6 Å². The normalized spacial score (nSPS) is 18.1. The smallest absolute Gasteiger partial charge is 0.364 e. The molecule has 27 heavy (non-hydrogen) atoms. The maximum Gasteiger partial charge on any atom is 0.429 e. The van der Waals surface area contributed by atoms with Gasteiger partial charge in [0.05, 0.1) is 26.4 Å². The number of nitrogens with zero attached hydrogens (tertiary/aromatic N) is 3. The Morgan fingerprint density at radius 1 is 0.815 bits per heavy atom. The van der Waals surface area contributed by atoms with Gasteiger partial charge in [0.1, 0.15) is 5.39 Å². The second kappa shape index (κ2) is 4.69. The first-order valence-electron chi connectivity index (χ1n) is 7.21. The van der Waals surface area contributed by atoms with Gasteiger partial charge >= 0.3 is 20.6 Å². The second-order valence-electron chi connectivity index (χ2n) is 5.67. The number of nitro benzene ring substituents is 1. The van der Waals surface area contributed by atoms with Crippen LogP contribution < -0.4 is 19.1 Å². The molecule has 3 aromatic carbocycles. The zero-order valence-corrected chi connectivity index (χ0v) is 14.4. The molecule has 0 bridgehead atoms. The highest BCUT2D eigenvalue weighted by Gasteiger charge is 2.33. The summed E-state index contributed by atoms with van der Waals surface area (Å²) in [6.07, 6.45) is 0. The third-order valence-corrected chi connectivity index (χ3v) is 5.72. The summed E-state index contributed by atoms with van der Waals surface area (Å²) >= 11 is 0. The van der Waals surface area contributed by atoms with Crippen molar-refractivity contribution >= 4 is 47.8 Å². The number of hydrogen-bond donors (Lipinski definition) is 0. The van der Waals surface area contributed by atoms with Crippen molar-refractivity contribution in [3.8, 4) is 11.5 Å². The van der Waals surface area contributed by atoms with Gasteiger partial charge in [-0.25, -0.2) is 0 Å². The average Bonchev–Trinajstić information content (AvgIpc) is 2.57. The van der Waals surface area contributed by atoms with Gasteiger partial charge in [0.25, 0.3) is 5.69 Å². The van der Waals surface area contributed by atoms with E-state index in [0.717, 1.165) is 6.07 Å². The highest BCUT2D eigenvalue weighted by molar-refractivity contribution is 7.86. The molecular weight excluding hydrogens is 402 g/mol. The lowest BCUT2D eigenvalue weighted by atomic mass is 9.98. The zero-order chi connectivity index (χ0) is 19.1. The van der Waals surface area contributed by atoms with Gasteiger partial charge < -0.3 is 8.37 Å². The molecule has 136 valence electrons. The second-order valence-corrected chi connectivity index (χ2v) is 8.08. The molecule has 0 N–H and O–H groups in total. The van der Waals surface area contributed by atoms with Crippen LogP contribution in [-0.4, -0.2) is 21.8 Å². The lowest BCUT2D eigenvalue weighted by Gasteiger charge is -2.19. The van der Waals surface area contributed by atoms with Crippen molar-refractivity contribution in [2.45, 2.75) is 0 Å². The summed E-state index contributed by atoms with van der Waals surface area (Å²) < 4.78 is 65.0. The monoisotopic (exact) mass is 407 g/mol. The number of hydrogen-bond acceptors (Lipinski definition) is 8. The topological polar surface area (TPSA) is 155 Å². The van der Waals surface area contributed by atoms with Crippen molar-refractivity contribution in [2.75, 3.05) is 0 Å². The Balaban J connectivity index is 2.23. The van der Waals surface area contributed by atoms with Gasteiger partial charge in [-0.3, -0.25) is 10.1 Å². The molecule has 0 saturated heterocycles. The van der Waals surface area contributed by atoms with E-state index in [2.05, 4.69) is 8.80 Å². The molecule has 0 saturated carbocycles. The van der Waals surface area contributed by atoms with E-state index in [1.807, 2.05) is 0 Å². The molecule has 3 aromatic rings. The Hall–Kier alpha value is -3.32. The fraction of sp³-hybridized carbons (Fsp3) is 0. The third-order valence-electron chi connectivity index (χ3n) is 4.12. The molecular formula is C14H5N3O8S2. The van der Waals surface area contributed by atoms with Crippen LogP contribution in [0.25, 0.3) is 21.5 Å². The van der Waals surface area contributed by atoms with Crippen LogP contribution in [0.4, 0.5) is 5.69 Å². The maximum atomic E-state index is 12.0. The van der Waals surface area contributed by atoms with Crippen LogP contribution >= 0.6 is 0 Å². The molecule has 0 unspecified atom stereocenters. The van der Waals surface area contributed by atoms with E-state index in [9.17, 15) is 26.9 Å². The van der Waals surface area contributed by atoms with Crippen LogP contribution in [0.15, 0.2) is 39.1 Å². The van der Waals surface area contributed by atoms with Crippen molar-refractivity contribution in [1.82, 2.24) is 0 Å².